The molecule has 6 heteroatoms. The van der Waals surface area contributed by atoms with Crippen LogP contribution in [0.3, 0.4) is 0 Å². The summed E-state index contributed by atoms with van der Waals surface area (Å²) in [7, 11) is 0. The molecule has 0 fully saturated rings. The largest absolute Gasteiger partial charge is 0.322 e. The Bertz CT molecular complexity index is 869. The number of anilines is 1. The standard InChI is InChI=1S/C18H19N5O/c1-12(2)23-17(20-21-22-23)14-8-6-9-15(11-14)18(24)19-16-10-5-4-7-13(16)3/h4-12H,1-3H3,(H,19,24). The quantitative estimate of drug-likeness (QED) is 0.798. The molecule has 0 aliphatic heterocycles. The van der Waals surface area contributed by atoms with Crippen molar-refractivity contribution in [3.05, 3.63) is 59.7 Å². The highest BCUT2D eigenvalue weighted by atomic mass is 16.1. The van der Waals surface area contributed by atoms with Crippen LogP contribution in [0.1, 0.15) is 35.8 Å². The third-order valence-electron chi connectivity index (χ3n) is 3.76. The minimum atomic E-state index is -0.158. The van der Waals surface area contributed by atoms with Crippen LogP contribution in [0.4, 0.5) is 5.69 Å². The molecule has 2 aromatic carbocycles. The Morgan fingerprint density at radius 1 is 1.12 bits per heavy atom. The van der Waals surface area contributed by atoms with Crippen LogP contribution < -0.4 is 5.32 Å². The van der Waals surface area contributed by atoms with Gasteiger partial charge < -0.3 is 5.32 Å². The summed E-state index contributed by atoms with van der Waals surface area (Å²) in [5.41, 5.74) is 3.20. The van der Waals surface area contributed by atoms with Crippen LogP contribution in [0.5, 0.6) is 0 Å². The Hall–Kier alpha value is -3.02. The van der Waals surface area contributed by atoms with Gasteiger partial charge in [0.25, 0.3) is 5.91 Å². The second-order valence-corrected chi connectivity index (χ2v) is 5.89. The first kappa shape index (κ1) is 15.9. The second kappa shape index (κ2) is 6.62. The van der Waals surface area contributed by atoms with E-state index in [1.54, 1.807) is 16.8 Å². The number of hydrogen-bond donors (Lipinski definition) is 1. The number of rotatable bonds is 4. The molecule has 0 spiro atoms. The number of tetrazole rings is 1. The molecule has 0 radical (unpaired) electrons. The number of para-hydroxylation sites is 1. The summed E-state index contributed by atoms with van der Waals surface area (Å²) in [5, 5.41) is 14.8. The number of aryl methyl sites for hydroxylation is 1. The Balaban J connectivity index is 1.89. The highest BCUT2D eigenvalue weighted by molar-refractivity contribution is 6.05. The van der Waals surface area contributed by atoms with Gasteiger partial charge >= 0.3 is 0 Å². The molecule has 0 aliphatic carbocycles. The monoisotopic (exact) mass is 321 g/mol. The molecule has 0 saturated heterocycles. The van der Waals surface area contributed by atoms with Crippen molar-refractivity contribution in [1.82, 2.24) is 20.2 Å². The Labute approximate surface area is 140 Å². The predicted octanol–water partition coefficient (Wildman–Crippen LogP) is 3.48. The van der Waals surface area contributed by atoms with Gasteiger partial charge in [0.15, 0.2) is 5.82 Å². The molecule has 1 N–H and O–H groups in total. The first-order valence-electron chi connectivity index (χ1n) is 7.81. The molecule has 1 amide bonds. The molecule has 0 unspecified atom stereocenters. The van der Waals surface area contributed by atoms with Crippen LogP contribution in [0.2, 0.25) is 0 Å². The Kier molecular flexibility index (Phi) is 4.37. The van der Waals surface area contributed by atoms with Gasteiger partial charge in [0.2, 0.25) is 0 Å². The molecule has 1 heterocycles. The molecule has 0 atom stereocenters. The van der Waals surface area contributed by atoms with Crippen molar-refractivity contribution in [3.63, 3.8) is 0 Å². The summed E-state index contributed by atoms with van der Waals surface area (Å²) >= 11 is 0. The van der Waals surface area contributed by atoms with E-state index in [0.29, 0.717) is 11.4 Å². The van der Waals surface area contributed by atoms with Crippen LogP contribution in [0, 0.1) is 6.92 Å². The highest BCUT2D eigenvalue weighted by Gasteiger charge is 2.14. The molecular weight excluding hydrogens is 302 g/mol. The van der Waals surface area contributed by atoms with E-state index in [2.05, 4.69) is 20.8 Å². The first-order chi connectivity index (χ1) is 11.6. The molecule has 0 aliphatic rings. The van der Waals surface area contributed by atoms with E-state index in [1.165, 1.54) is 0 Å². The fraction of sp³-hybridized carbons (Fsp3) is 0.222. The second-order valence-electron chi connectivity index (χ2n) is 5.89. The summed E-state index contributed by atoms with van der Waals surface area (Å²) < 4.78 is 1.73. The average molecular weight is 321 g/mol. The zero-order valence-corrected chi connectivity index (χ0v) is 13.9. The molecule has 3 aromatic rings. The van der Waals surface area contributed by atoms with Crippen molar-refractivity contribution in [2.24, 2.45) is 0 Å². The van der Waals surface area contributed by atoms with Gasteiger partial charge in [0.1, 0.15) is 0 Å². The number of nitrogens with zero attached hydrogens (tertiary/aromatic N) is 4. The number of carbonyl (C=O) groups is 1. The van der Waals surface area contributed by atoms with Crippen LogP contribution in [0.15, 0.2) is 48.5 Å². The lowest BCUT2D eigenvalue weighted by atomic mass is 10.1. The van der Waals surface area contributed by atoms with Crippen LogP contribution in [0.25, 0.3) is 11.4 Å². The predicted molar refractivity (Wildman–Crippen MR) is 92.8 cm³/mol. The molecule has 0 saturated carbocycles. The van der Waals surface area contributed by atoms with E-state index in [9.17, 15) is 4.79 Å². The van der Waals surface area contributed by atoms with E-state index in [1.807, 2.05) is 57.2 Å². The molecule has 6 nitrogen and oxygen atoms in total. The molecule has 0 bridgehead atoms. The summed E-state index contributed by atoms with van der Waals surface area (Å²) in [4.78, 5) is 12.5. The van der Waals surface area contributed by atoms with Gasteiger partial charge in [-0.2, -0.15) is 0 Å². The maximum Gasteiger partial charge on any atom is 0.255 e. The summed E-state index contributed by atoms with van der Waals surface area (Å²) in [6, 6.07) is 15.1. The van der Waals surface area contributed by atoms with Crippen molar-refractivity contribution >= 4 is 11.6 Å². The zero-order valence-electron chi connectivity index (χ0n) is 13.9. The molecule has 24 heavy (non-hydrogen) atoms. The van der Waals surface area contributed by atoms with Gasteiger partial charge in [-0.05, 0) is 55.0 Å². The number of carbonyl (C=O) groups excluding carboxylic acids is 1. The van der Waals surface area contributed by atoms with Crippen molar-refractivity contribution < 1.29 is 4.79 Å². The maximum absolute atomic E-state index is 12.5. The van der Waals surface area contributed by atoms with E-state index < -0.39 is 0 Å². The van der Waals surface area contributed by atoms with E-state index in [4.69, 9.17) is 0 Å². The smallest absolute Gasteiger partial charge is 0.255 e. The molecular formula is C18H19N5O. The lowest BCUT2D eigenvalue weighted by Crippen LogP contribution is -2.13. The number of aromatic nitrogens is 4. The van der Waals surface area contributed by atoms with E-state index in [-0.39, 0.29) is 11.9 Å². The Morgan fingerprint density at radius 3 is 2.67 bits per heavy atom. The number of benzene rings is 2. The number of amides is 1. The van der Waals surface area contributed by atoms with Crippen molar-refractivity contribution in [2.75, 3.05) is 5.32 Å². The van der Waals surface area contributed by atoms with Crippen molar-refractivity contribution in [2.45, 2.75) is 26.8 Å². The van der Waals surface area contributed by atoms with Gasteiger partial charge in [-0.1, -0.05) is 30.3 Å². The summed E-state index contributed by atoms with van der Waals surface area (Å²) in [6.07, 6.45) is 0. The fourth-order valence-corrected chi connectivity index (χ4v) is 2.44. The summed E-state index contributed by atoms with van der Waals surface area (Å²) in [6.45, 7) is 5.98. The topological polar surface area (TPSA) is 72.7 Å². The lowest BCUT2D eigenvalue weighted by molar-refractivity contribution is 0.102. The Morgan fingerprint density at radius 2 is 1.92 bits per heavy atom. The van der Waals surface area contributed by atoms with Gasteiger partial charge in [-0.15, -0.1) is 5.10 Å². The first-order valence-corrected chi connectivity index (χ1v) is 7.81. The van der Waals surface area contributed by atoms with Gasteiger partial charge in [0, 0.05) is 16.8 Å². The number of nitrogens with one attached hydrogen (secondary N) is 1. The van der Waals surface area contributed by atoms with E-state index >= 15 is 0 Å². The van der Waals surface area contributed by atoms with Crippen molar-refractivity contribution in [1.29, 1.82) is 0 Å². The van der Waals surface area contributed by atoms with Crippen LogP contribution >= 0.6 is 0 Å². The van der Waals surface area contributed by atoms with Crippen LogP contribution in [-0.2, 0) is 0 Å². The third-order valence-corrected chi connectivity index (χ3v) is 3.76. The highest BCUT2D eigenvalue weighted by Crippen LogP contribution is 2.21. The maximum atomic E-state index is 12.5. The summed E-state index contributed by atoms with van der Waals surface area (Å²) in [5.74, 6) is 0.491. The SMILES string of the molecule is Cc1ccccc1NC(=O)c1cccc(-c2nnnn2C(C)C)c1. The fourth-order valence-electron chi connectivity index (χ4n) is 2.44. The lowest BCUT2D eigenvalue weighted by Gasteiger charge is -2.10. The van der Waals surface area contributed by atoms with Gasteiger partial charge in [0.05, 0.1) is 6.04 Å². The average Bonchev–Trinajstić information content (AvgIpc) is 3.07. The van der Waals surface area contributed by atoms with E-state index in [0.717, 1.165) is 16.8 Å². The number of hydrogen-bond acceptors (Lipinski definition) is 4. The molecule has 122 valence electrons. The normalized spacial score (nSPS) is 10.8. The minimum Gasteiger partial charge on any atom is -0.322 e. The zero-order chi connectivity index (χ0) is 17.1. The third kappa shape index (κ3) is 3.17. The van der Waals surface area contributed by atoms with Gasteiger partial charge in [-0.25, -0.2) is 4.68 Å². The van der Waals surface area contributed by atoms with Crippen molar-refractivity contribution in [3.8, 4) is 11.4 Å². The van der Waals surface area contributed by atoms with Gasteiger partial charge in [-0.3, -0.25) is 4.79 Å². The minimum absolute atomic E-state index is 0.138. The molecule has 3 rings (SSSR count). The molecule has 1 aromatic heterocycles. The van der Waals surface area contributed by atoms with Crippen LogP contribution in [-0.4, -0.2) is 26.1 Å².